The summed E-state index contributed by atoms with van der Waals surface area (Å²) in [5, 5.41) is 27.7. The van der Waals surface area contributed by atoms with Gasteiger partial charge in [0.2, 0.25) is 5.56 Å². The van der Waals surface area contributed by atoms with Crippen molar-refractivity contribution in [3.63, 3.8) is 0 Å². The van der Waals surface area contributed by atoms with Crippen molar-refractivity contribution in [2.75, 3.05) is 39.3 Å². The van der Waals surface area contributed by atoms with Gasteiger partial charge in [-0.1, -0.05) is 67.8 Å². The Morgan fingerprint density at radius 3 is 2.45 bits per heavy atom. The summed E-state index contributed by atoms with van der Waals surface area (Å²) in [7, 11) is 0. The van der Waals surface area contributed by atoms with E-state index in [1.54, 1.807) is 24.3 Å². The predicted octanol–water partition coefficient (Wildman–Crippen LogP) is 5.57. The van der Waals surface area contributed by atoms with E-state index in [4.69, 9.17) is 9.47 Å². The van der Waals surface area contributed by atoms with E-state index < -0.39 is 24.2 Å². The normalized spacial score (nSPS) is 19.4. The van der Waals surface area contributed by atoms with Gasteiger partial charge in [0, 0.05) is 24.5 Å². The number of nitrogens with one attached hydrogen (secondary N) is 3. The average Bonchev–Trinajstić information content (AvgIpc) is 3.15. The van der Waals surface area contributed by atoms with Crippen LogP contribution in [0.1, 0.15) is 84.1 Å². The second kappa shape index (κ2) is 17.5. The van der Waals surface area contributed by atoms with Crippen molar-refractivity contribution in [1.29, 1.82) is 0 Å². The van der Waals surface area contributed by atoms with Crippen LogP contribution in [-0.4, -0.2) is 77.6 Å². The Labute approximate surface area is 298 Å². The fourth-order valence-corrected chi connectivity index (χ4v) is 7.21. The van der Waals surface area contributed by atoms with E-state index in [-0.39, 0.29) is 17.4 Å². The van der Waals surface area contributed by atoms with Gasteiger partial charge in [-0.15, -0.1) is 0 Å². The van der Waals surface area contributed by atoms with Gasteiger partial charge in [-0.2, -0.15) is 0 Å². The zero-order chi connectivity index (χ0) is 35.6. The average molecular weight is 697 g/mol. The minimum atomic E-state index is -0.786. The maximum atomic E-state index is 13.1. The molecule has 3 atom stereocenters. The first-order chi connectivity index (χ1) is 24.9. The highest BCUT2D eigenvalue weighted by atomic mass is 16.6. The second-order valence-electron chi connectivity index (χ2n) is 13.6. The van der Waals surface area contributed by atoms with E-state index in [9.17, 15) is 24.6 Å². The van der Waals surface area contributed by atoms with E-state index >= 15 is 0 Å². The van der Waals surface area contributed by atoms with Crippen molar-refractivity contribution in [1.82, 2.24) is 20.5 Å². The number of aliphatic hydroxyl groups excluding tert-OH is 1. The molecular weight excluding hydrogens is 648 g/mol. The van der Waals surface area contributed by atoms with Crippen LogP contribution in [0.2, 0.25) is 0 Å². The summed E-state index contributed by atoms with van der Waals surface area (Å²) < 4.78 is 11.5. The lowest BCUT2D eigenvalue weighted by Gasteiger charge is -2.43. The van der Waals surface area contributed by atoms with Crippen LogP contribution in [0.3, 0.4) is 0 Å². The summed E-state index contributed by atoms with van der Waals surface area (Å²) in [4.78, 5) is 42.7. The number of alkyl carbamates (subject to hydrolysis) is 1. The molecule has 3 saturated heterocycles. The first kappa shape index (κ1) is 36.1. The van der Waals surface area contributed by atoms with Crippen LogP contribution in [-0.2, 0) is 9.47 Å². The Bertz CT molecular complexity index is 1820. The number of aromatic nitrogens is 1. The van der Waals surface area contributed by atoms with Crippen LogP contribution in [0, 0.1) is 5.92 Å². The lowest BCUT2D eigenvalue weighted by atomic mass is 9.86. The molecule has 0 saturated carbocycles. The Hall–Kier alpha value is -4.71. The maximum absolute atomic E-state index is 13.1. The minimum Gasteiger partial charge on any atom is -0.506 e. The van der Waals surface area contributed by atoms with Gasteiger partial charge >= 0.3 is 12.1 Å². The molecule has 3 fully saturated rings. The number of pyridine rings is 1. The van der Waals surface area contributed by atoms with Gasteiger partial charge in [-0.05, 0) is 92.2 Å². The van der Waals surface area contributed by atoms with E-state index in [2.05, 4.69) is 20.5 Å². The van der Waals surface area contributed by atoms with Gasteiger partial charge in [-0.3, -0.25) is 9.69 Å². The number of piperidine rings is 3. The number of phenolic OH excluding ortho intramolecular Hbond substituents is 1. The molecule has 0 radical (unpaired) electrons. The van der Waals surface area contributed by atoms with E-state index in [1.807, 2.05) is 42.5 Å². The number of esters is 1. The van der Waals surface area contributed by atoms with Gasteiger partial charge in [0.05, 0.1) is 29.8 Å². The third kappa shape index (κ3) is 9.55. The first-order valence-corrected chi connectivity index (χ1v) is 18.1. The summed E-state index contributed by atoms with van der Waals surface area (Å²) in [6.45, 7) is 4.34. The summed E-state index contributed by atoms with van der Waals surface area (Å²) in [6.07, 6.45) is 5.39. The molecule has 1 aromatic heterocycles. The zero-order valence-corrected chi connectivity index (χ0v) is 28.9. The Morgan fingerprint density at radius 2 is 1.67 bits per heavy atom. The van der Waals surface area contributed by atoms with Crippen molar-refractivity contribution >= 4 is 23.0 Å². The highest BCUT2D eigenvalue weighted by Gasteiger charge is 2.37. The van der Waals surface area contributed by atoms with Crippen LogP contribution in [0.4, 0.5) is 4.79 Å². The third-order valence-electron chi connectivity index (χ3n) is 10.0. The standard InChI is InChI=1S/C40H48N4O7/c45-33-16-14-31(32-15-17-36(47)42-38(32)33)34(46)25-41-20-7-2-1-3-8-23-50-39(48)30-13-9-12-29(24-30)37(28-10-5-4-6-11-28)43-40(49)51-35-26-44-21-18-27(35)19-22-44/h4-6,9-17,24,27,34-35,37,41,45-46H,1-3,7-8,18-23,25-26H2,(H,42,47)(H,43,49). The number of aromatic amines is 1. The molecule has 51 heavy (non-hydrogen) atoms. The van der Waals surface area contributed by atoms with Crippen molar-refractivity contribution in [3.8, 4) is 5.75 Å². The van der Waals surface area contributed by atoms with Gasteiger partial charge < -0.3 is 35.3 Å². The summed E-state index contributed by atoms with van der Waals surface area (Å²) in [5.74, 6) is -0.0171. The predicted molar refractivity (Wildman–Crippen MR) is 195 cm³/mol. The van der Waals surface area contributed by atoms with Crippen molar-refractivity contribution in [2.45, 2.75) is 63.2 Å². The van der Waals surface area contributed by atoms with Gasteiger partial charge in [-0.25, -0.2) is 9.59 Å². The van der Waals surface area contributed by atoms with Crippen LogP contribution < -0.4 is 16.2 Å². The molecule has 4 heterocycles. The molecule has 11 nitrogen and oxygen atoms in total. The summed E-state index contributed by atoms with van der Waals surface area (Å²) in [6, 6.07) is 22.6. The monoisotopic (exact) mass is 696 g/mol. The topological polar surface area (TPSA) is 153 Å². The number of aromatic hydroxyl groups is 1. The number of unbranched alkanes of at least 4 members (excludes halogenated alkanes) is 4. The molecule has 7 rings (SSSR count). The molecule has 1 amide bonds. The largest absolute Gasteiger partial charge is 0.506 e. The van der Waals surface area contributed by atoms with Crippen LogP contribution in [0.5, 0.6) is 5.75 Å². The maximum Gasteiger partial charge on any atom is 0.408 e. The number of aliphatic hydroxyl groups is 1. The van der Waals surface area contributed by atoms with E-state index in [0.717, 1.165) is 82.3 Å². The molecule has 0 spiro atoms. The number of benzene rings is 3. The second-order valence-corrected chi connectivity index (χ2v) is 13.6. The van der Waals surface area contributed by atoms with Crippen molar-refractivity contribution in [3.05, 3.63) is 111 Å². The smallest absolute Gasteiger partial charge is 0.408 e. The molecule has 3 unspecified atom stereocenters. The lowest BCUT2D eigenvalue weighted by Crippen LogP contribution is -2.52. The number of nitrogens with zero attached hydrogens (tertiary/aromatic N) is 1. The Kier molecular flexibility index (Phi) is 12.4. The number of H-pyrrole nitrogens is 1. The molecule has 4 aromatic rings. The summed E-state index contributed by atoms with van der Waals surface area (Å²) in [5.41, 5.74) is 2.75. The molecule has 3 aliphatic heterocycles. The highest BCUT2D eigenvalue weighted by molar-refractivity contribution is 5.89. The molecule has 2 bridgehead atoms. The molecule has 0 aliphatic carbocycles. The van der Waals surface area contributed by atoms with Crippen LogP contribution in [0.25, 0.3) is 10.9 Å². The number of carbonyl (C=O) groups excluding carboxylic acids is 2. The van der Waals surface area contributed by atoms with Crippen LogP contribution in [0.15, 0.2) is 83.7 Å². The Balaban J connectivity index is 0.904. The number of phenols is 1. The van der Waals surface area contributed by atoms with E-state index in [1.165, 1.54) is 12.1 Å². The molecular formula is C40H48N4O7. The van der Waals surface area contributed by atoms with Crippen molar-refractivity contribution in [2.24, 2.45) is 5.92 Å². The fourth-order valence-electron chi connectivity index (χ4n) is 7.21. The number of hydrogen-bond acceptors (Lipinski definition) is 9. The van der Waals surface area contributed by atoms with Gasteiger partial charge in [0.1, 0.15) is 11.9 Å². The van der Waals surface area contributed by atoms with E-state index in [0.29, 0.717) is 41.1 Å². The number of rotatable bonds is 16. The number of ether oxygens (including phenoxy) is 2. The number of hydrogen-bond donors (Lipinski definition) is 5. The number of amides is 1. The molecule has 270 valence electrons. The molecule has 3 aromatic carbocycles. The Morgan fingerprint density at radius 1 is 0.902 bits per heavy atom. The van der Waals surface area contributed by atoms with Crippen molar-refractivity contribution < 1.29 is 29.3 Å². The molecule has 11 heteroatoms. The molecule has 5 N–H and O–H groups in total. The van der Waals surface area contributed by atoms with Gasteiger partial charge in [0.15, 0.2) is 0 Å². The fraction of sp³-hybridized carbons (Fsp3) is 0.425. The number of carbonyl (C=O) groups is 2. The zero-order valence-electron chi connectivity index (χ0n) is 28.9. The third-order valence-corrected chi connectivity index (χ3v) is 10.0. The molecule has 3 aliphatic rings. The lowest BCUT2D eigenvalue weighted by molar-refractivity contribution is -0.0336. The SMILES string of the molecule is O=C(NC(c1ccccc1)c1cccc(C(=O)OCCCCCCCNCC(O)c2ccc(O)c3[nH]c(=O)ccc23)c1)OC1CN2CCC1CC2. The van der Waals surface area contributed by atoms with Gasteiger partial charge in [0.25, 0.3) is 0 Å². The highest BCUT2D eigenvalue weighted by Crippen LogP contribution is 2.31. The summed E-state index contributed by atoms with van der Waals surface area (Å²) >= 11 is 0. The number of fused-ring (bicyclic) bond motifs is 4. The quantitative estimate of drug-likeness (QED) is 0.0747. The first-order valence-electron chi connectivity index (χ1n) is 18.1. The van der Waals surface area contributed by atoms with Crippen LogP contribution >= 0.6 is 0 Å². The minimum absolute atomic E-state index is 0.0322.